The largest absolute Gasteiger partial charge is 0.399 e. The van der Waals surface area contributed by atoms with Gasteiger partial charge in [0.05, 0.1) is 0 Å². The molecule has 0 amide bonds. The Bertz CT molecular complexity index is 307. The molecule has 134 valence electrons. The molecule has 0 atom stereocenters. The molecule has 7 nitrogen and oxygen atoms in total. The lowest BCUT2D eigenvalue weighted by atomic mass is 10.3. The zero-order valence-corrected chi connectivity index (χ0v) is 14.2. The molecule has 0 aliphatic rings. The summed E-state index contributed by atoms with van der Waals surface area (Å²) in [5.74, 6) is 0. The summed E-state index contributed by atoms with van der Waals surface area (Å²) in [5, 5.41) is 13.1. The number of hydrogen-bond donors (Lipinski definition) is 7. The van der Waals surface area contributed by atoms with Gasteiger partial charge in [-0.1, -0.05) is 18.2 Å². The van der Waals surface area contributed by atoms with Gasteiger partial charge in [0, 0.05) is 71.1 Å². The minimum absolute atomic E-state index is 0.706. The minimum atomic E-state index is 0.706. The van der Waals surface area contributed by atoms with E-state index in [1.54, 1.807) is 0 Å². The molecule has 0 radical (unpaired) electrons. The van der Waals surface area contributed by atoms with Crippen LogP contribution in [0.4, 0.5) is 5.69 Å². The number of para-hydroxylation sites is 1. The van der Waals surface area contributed by atoms with Crippen molar-refractivity contribution in [2.24, 2.45) is 11.5 Å². The zero-order chi connectivity index (χ0) is 17.0. The first-order valence-corrected chi connectivity index (χ1v) is 8.34. The van der Waals surface area contributed by atoms with E-state index in [0.717, 1.165) is 58.0 Å². The minimum Gasteiger partial charge on any atom is -0.399 e. The van der Waals surface area contributed by atoms with Gasteiger partial charge in [-0.2, -0.15) is 0 Å². The molecule has 0 spiro atoms. The van der Waals surface area contributed by atoms with E-state index in [1.165, 1.54) is 0 Å². The Labute approximate surface area is 140 Å². The van der Waals surface area contributed by atoms with Gasteiger partial charge in [-0.15, -0.1) is 0 Å². The third kappa shape index (κ3) is 18.7. The molecule has 0 bridgehead atoms. The van der Waals surface area contributed by atoms with Gasteiger partial charge in [0.25, 0.3) is 0 Å². The van der Waals surface area contributed by atoms with Crippen LogP contribution in [0, 0.1) is 0 Å². The second-order valence-corrected chi connectivity index (χ2v) is 4.99. The Kier molecular flexibility index (Phi) is 17.8. The average Bonchev–Trinajstić information content (AvgIpc) is 2.57. The van der Waals surface area contributed by atoms with Gasteiger partial charge in [-0.05, 0) is 12.1 Å². The number of nitrogens with two attached hydrogens (primary N) is 3. The van der Waals surface area contributed by atoms with Crippen molar-refractivity contribution in [2.75, 3.05) is 71.2 Å². The number of rotatable bonds is 13. The lowest BCUT2D eigenvalue weighted by Gasteiger charge is -2.07. The van der Waals surface area contributed by atoms with Gasteiger partial charge in [0.1, 0.15) is 0 Å². The Hall–Kier alpha value is -1.22. The molecule has 23 heavy (non-hydrogen) atoms. The number of nitrogens with one attached hydrogen (secondary N) is 4. The van der Waals surface area contributed by atoms with Gasteiger partial charge in [0.2, 0.25) is 0 Å². The molecule has 0 aliphatic heterocycles. The monoisotopic (exact) mass is 325 g/mol. The molecule has 0 unspecified atom stereocenters. The quantitative estimate of drug-likeness (QED) is 0.174. The van der Waals surface area contributed by atoms with Crippen molar-refractivity contribution in [1.82, 2.24) is 21.3 Å². The smallest absolute Gasteiger partial charge is 0.0313 e. The highest BCUT2D eigenvalue weighted by Crippen LogP contribution is 1.95. The highest BCUT2D eigenvalue weighted by atomic mass is 15.0. The molecule has 0 heterocycles. The van der Waals surface area contributed by atoms with E-state index in [9.17, 15) is 0 Å². The molecule has 10 N–H and O–H groups in total. The lowest BCUT2D eigenvalue weighted by Crippen LogP contribution is -2.36. The number of benzene rings is 1. The van der Waals surface area contributed by atoms with Crippen molar-refractivity contribution in [1.29, 1.82) is 0 Å². The van der Waals surface area contributed by atoms with Crippen LogP contribution in [0.1, 0.15) is 0 Å². The summed E-state index contributed by atoms with van der Waals surface area (Å²) in [6.07, 6.45) is 0. The maximum Gasteiger partial charge on any atom is 0.0313 e. The Morgan fingerprint density at radius 1 is 0.565 bits per heavy atom. The average molecular weight is 326 g/mol. The van der Waals surface area contributed by atoms with Crippen LogP contribution in [0.25, 0.3) is 0 Å². The van der Waals surface area contributed by atoms with Crippen LogP contribution >= 0.6 is 0 Å². The molecule has 7 heteroatoms. The topological polar surface area (TPSA) is 126 Å². The third-order valence-corrected chi connectivity index (χ3v) is 2.88. The first-order valence-electron chi connectivity index (χ1n) is 8.34. The van der Waals surface area contributed by atoms with Crippen LogP contribution in [-0.4, -0.2) is 65.4 Å². The van der Waals surface area contributed by atoms with Gasteiger partial charge in [0.15, 0.2) is 0 Å². The highest BCUT2D eigenvalue weighted by molar-refractivity contribution is 5.35. The Balaban J connectivity index is 0.000000568. The Morgan fingerprint density at radius 3 is 1.17 bits per heavy atom. The first-order chi connectivity index (χ1) is 11.3. The molecular formula is C16H35N7. The fourth-order valence-corrected chi connectivity index (χ4v) is 1.69. The summed E-state index contributed by atoms with van der Waals surface area (Å²) < 4.78 is 0. The molecule has 1 aromatic carbocycles. The van der Waals surface area contributed by atoms with E-state index in [0.29, 0.717) is 13.1 Å². The predicted molar refractivity (Wildman–Crippen MR) is 100 cm³/mol. The molecule has 0 aliphatic carbocycles. The van der Waals surface area contributed by atoms with Gasteiger partial charge in [-0.25, -0.2) is 0 Å². The predicted octanol–water partition coefficient (Wildman–Crippen LogP) is -1.47. The van der Waals surface area contributed by atoms with Gasteiger partial charge in [-0.3, -0.25) is 0 Å². The molecule has 0 saturated carbocycles. The molecule has 0 saturated heterocycles. The van der Waals surface area contributed by atoms with E-state index < -0.39 is 0 Å². The fraction of sp³-hybridized carbons (Fsp3) is 0.625. The van der Waals surface area contributed by atoms with Gasteiger partial charge >= 0.3 is 0 Å². The Morgan fingerprint density at radius 2 is 0.913 bits per heavy atom. The first kappa shape index (κ1) is 21.8. The van der Waals surface area contributed by atoms with Gasteiger partial charge < -0.3 is 38.5 Å². The zero-order valence-electron chi connectivity index (χ0n) is 14.2. The summed E-state index contributed by atoms with van der Waals surface area (Å²) in [6, 6.07) is 9.49. The third-order valence-electron chi connectivity index (χ3n) is 2.88. The van der Waals surface area contributed by atoms with E-state index in [2.05, 4.69) is 21.3 Å². The molecule has 0 fully saturated rings. The second-order valence-electron chi connectivity index (χ2n) is 4.99. The number of hydrogen-bond acceptors (Lipinski definition) is 7. The lowest BCUT2D eigenvalue weighted by molar-refractivity contribution is 0.569. The SMILES string of the molecule is NCCNCCNCCNCCNCCN.Nc1ccccc1. The molecular weight excluding hydrogens is 290 g/mol. The molecule has 1 aromatic rings. The molecule has 1 rings (SSSR count). The van der Waals surface area contributed by atoms with Crippen molar-refractivity contribution in [3.63, 3.8) is 0 Å². The van der Waals surface area contributed by atoms with E-state index in [-0.39, 0.29) is 0 Å². The van der Waals surface area contributed by atoms with Crippen molar-refractivity contribution in [3.8, 4) is 0 Å². The van der Waals surface area contributed by atoms with Crippen LogP contribution in [-0.2, 0) is 0 Å². The molecule has 0 aromatic heterocycles. The number of nitrogen functional groups attached to an aromatic ring is 1. The van der Waals surface area contributed by atoms with Crippen LogP contribution in [0.3, 0.4) is 0 Å². The normalized spacial score (nSPS) is 10.2. The van der Waals surface area contributed by atoms with Crippen molar-refractivity contribution < 1.29 is 0 Å². The maximum atomic E-state index is 5.36. The standard InChI is InChI=1S/C10H28N6.C6H7N/c11-1-3-13-5-7-15-9-10-16-8-6-14-4-2-12;7-6-4-2-1-3-5-6/h13-16H,1-12H2;1-5H,7H2. The summed E-state index contributed by atoms with van der Waals surface area (Å²) >= 11 is 0. The van der Waals surface area contributed by atoms with Crippen LogP contribution in [0.15, 0.2) is 30.3 Å². The fourth-order valence-electron chi connectivity index (χ4n) is 1.69. The van der Waals surface area contributed by atoms with Crippen LogP contribution in [0.2, 0.25) is 0 Å². The van der Waals surface area contributed by atoms with E-state index >= 15 is 0 Å². The van der Waals surface area contributed by atoms with Crippen molar-refractivity contribution in [3.05, 3.63) is 30.3 Å². The van der Waals surface area contributed by atoms with Crippen molar-refractivity contribution in [2.45, 2.75) is 0 Å². The summed E-state index contributed by atoms with van der Waals surface area (Å²) in [7, 11) is 0. The number of anilines is 1. The van der Waals surface area contributed by atoms with Crippen LogP contribution in [0.5, 0.6) is 0 Å². The van der Waals surface area contributed by atoms with E-state index in [1.807, 2.05) is 30.3 Å². The summed E-state index contributed by atoms with van der Waals surface area (Å²) in [6.45, 7) is 9.15. The van der Waals surface area contributed by atoms with E-state index in [4.69, 9.17) is 17.2 Å². The second kappa shape index (κ2) is 18.8. The summed E-state index contributed by atoms with van der Waals surface area (Å²) in [4.78, 5) is 0. The van der Waals surface area contributed by atoms with Crippen molar-refractivity contribution >= 4 is 5.69 Å². The summed E-state index contributed by atoms with van der Waals surface area (Å²) in [5.41, 5.74) is 16.9. The maximum absolute atomic E-state index is 5.36. The highest BCUT2D eigenvalue weighted by Gasteiger charge is 1.89. The van der Waals surface area contributed by atoms with Crippen LogP contribution < -0.4 is 38.5 Å².